The van der Waals surface area contributed by atoms with E-state index in [1.807, 2.05) is 12.3 Å². The number of aromatic nitrogens is 1. The molecule has 1 fully saturated rings. The van der Waals surface area contributed by atoms with Crippen molar-refractivity contribution in [3.8, 4) is 0 Å². The summed E-state index contributed by atoms with van der Waals surface area (Å²) in [6.45, 7) is 1.70. The molecule has 4 nitrogen and oxygen atoms in total. The first kappa shape index (κ1) is 11.8. The summed E-state index contributed by atoms with van der Waals surface area (Å²) in [6.07, 6.45) is 8.85. The van der Waals surface area contributed by atoms with Crippen LogP contribution in [0.5, 0.6) is 0 Å². The van der Waals surface area contributed by atoms with Crippen LogP contribution in [0.25, 0.3) is 0 Å². The zero-order chi connectivity index (χ0) is 12.1. The van der Waals surface area contributed by atoms with Gasteiger partial charge in [0.2, 0.25) is 0 Å². The van der Waals surface area contributed by atoms with Crippen LogP contribution in [-0.2, 0) is 4.79 Å². The first-order valence-electron chi connectivity index (χ1n) is 5.81. The van der Waals surface area contributed by atoms with E-state index in [1.54, 1.807) is 12.3 Å². The number of nitrogens with zero attached hydrogens (tertiary/aromatic N) is 2. The number of carboxylic acid groups (broad SMARTS) is 1. The molecule has 2 rings (SSSR count). The predicted octanol–water partition coefficient (Wildman–Crippen LogP) is 1.86. The lowest BCUT2D eigenvalue weighted by molar-refractivity contribution is -0.131. The average molecular weight is 232 g/mol. The molecule has 2 heterocycles. The standard InChI is InChI=1S/C13H16N2O2/c16-13(17)6-3-9-15-8-2-5-12(15)11-4-1-7-14-10-11/h1,3-4,6-7,10,12H,2,5,8-9H2,(H,16,17)/b6-3+. The van der Waals surface area contributed by atoms with E-state index in [-0.39, 0.29) is 0 Å². The number of hydrogen-bond acceptors (Lipinski definition) is 3. The van der Waals surface area contributed by atoms with Gasteiger partial charge in [0.15, 0.2) is 0 Å². The molecule has 0 radical (unpaired) electrons. The van der Waals surface area contributed by atoms with Crippen molar-refractivity contribution in [2.75, 3.05) is 13.1 Å². The van der Waals surface area contributed by atoms with Gasteiger partial charge in [0, 0.05) is 31.1 Å². The zero-order valence-corrected chi connectivity index (χ0v) is 9.62. The van der Waals surface area contributed by atoms with E-state index in [1.165, 1.54) is 11.6 Å². The van der Waals surface area contributed by atoms with Crippen LogP contribution in [0.4, 0.5) is 0 Å². The van der Waals surface area contributed by atoms with Crippen LogP contribution in [0, 0.1) is 0 Å². The quantitative estimate of drug-likeness (QED) is 0.805. The molecule has 1 aromatic rings. The van der Waals surface area contributed by atoms with Crippen molar-refractivity contribution in [1.29, 1.82) is 0 Å². The molecule has 0 aromatic carbocycles. The molecule has 0 aliphatic carbocycles. The molecule has 1 unspecified atom stereocenters. The summed E-state index contributed by atoms with van der Waals surface area (Å²) >= 11 is 0. The number of hydrogen-bond donors (Lipinski definition) is 1. The summed E-state index contributed by atoms with van der Waals surface area (Å²) in [6, 6.07) is 4.40. The second-order valence-electron chi connectivity index (χ2n) is 4.18. The maximum atomic E-state index is 10.4. The summed E-state index contributed by atoms with van der Waals surface area (Å²) in [5.41, 5.74) is 1.22. The molecule has 1 N–H and O–H groups in total. The SMILES string of the molecule is O=C(O)/C=C/CN1CCCC1c1cccnc1. The monoisotopic (exact) mass is 232 g/mol. The third-order valence-corrected chi connectivity index (χ3v) is 3.03. The Balaban J connectivity index is 2.00. The molecular weight excluding hydrogens is 216 g/mol. The normalized spacial score (nSPS) is 21.1. The topological polar surface area (TPSA) is 53.4 Å². The first-order valence-corrected chi connectivity index (χ1v) is 5.81. The number of pyridine rings is 1. The van der Waals surface area contributed by atoms with Crippen LogP contribution in [0.2, 0.25) is 0 Å². The van der Waals surface area contributed by atoms with E-state index in [9.17, 15) is 4.79 Å². The third-order valence-electron chi connectivity index (χ3n) is 3.03. The van der Waals surface area contributed by atoms with Crippen LogP contribution in [0.3, 0.4) is 0 Å². The Morgan fingerprint density at radius 3 is 3.24 bits per heavy atom. The molecule has 0 bridgehead atoms. The Labute approximate surface area is 101 Å². The molecule has 17 heavy (non-hydrogen) atoms. The second kappa shape index (κ2) is 5.59. The number of carboxylic acids is 1. The fourth-order valence-corrected chi connectivity index (χ4v) is 2.28. The van der Waals surface area contributed by atoms with E-state index in [4.69, 9.17) is 5.11 Å². The summed E-state index contributed by atoms with van der Waals surface area (Å²) in [5, 5.41) is 8.56. The van der Waals surface area contributed by atoms with Crippen LogP contribution >= 0.6 is 0 Å². The fourth-order valence-electron chi connectivity index (χ4n) is 2.28. The van der Waals surface area contributed by atoms with Gasteiger partial charge in [-0.25, -0.2) is 4.79 Å². The van der Waals surface area contributed by atoms with E-state index < -0.39 is 5.97 Å². The van der Waals surface area contributed by atoms with E-state index in [0.29, 0.717) is 12.6 Å². The number of likely N-dealkylation sites (tertiary alicyclic amines) is 1. The lowest BCUT2D eigenvalue weighted by Gasteiger charge is -2.22. The van der Waals surface area contributed by atoms with E-state index in [2.05, 4.69) is 16.0 Å². The van der Waals surface area contributed by atoms with Gasteiger partial charge in [-0.3, -0.25) is 9.88 Å². The Bertz CT molecular complexity index is 403. The van der Waals surface area contributed by atoms with Crippen LogP contribution in [0.15, 0.2) is 36.7 Å². The number of carbonyl (C=O) groups is 1. The summed E-state index contributed by atoms with van der Waals surface area (Å²) in [5.74, 6) is -0.887. The molecule has 1 aliphatic heterocycles. The maximum absolute atomic E-state index is 10.4. The van der Waals surface area contributed by atoms with Gasteiger partial charge in [0.1, 0.15) is 0 Å². The molecule has 0 spiro atoms. The minimum absolute atomic E-state index is 0.377. The van der Waals surface area contributed by atoms with Crippen molar-refractivity contribution >= 4 is 5.97 Å². The highest BCUT2D eigenvalue weighted by Gasteiger charge is 2.24. The van der Waals surface area contributed by atoms with Gasteiger partial charge < -0.3 is 5.11 Å². The lowest BCUT2D eigenvalue weighted by Crippen LogP contribution is -2.23. The largest absolute Gasteiger partial charge is 0.478 e. The van der Waals surface area contributed by atoms with E-state index >= 15 is 0 Å². The lowest BCUT2D eigenvalue weighted by atomic mass is 10.1. The minimum Gasteiger partial charge on any atom is -0.478 e. The second-order valence-corrected chi connectivity index (χ2v) is 4.18. The van der Waals surface area contributed by atoms with Crippen molar-refractivity contribution in [3.05, 3.63) is 42.2 Å². The summed E-state index contributed by atoms with van der Waals surface area (Å²) in [4.78, 5) is 16.8. The number of rotatable bonds is 4. The van der Waals surface area contributed by atoms with Gasteiger partial charge in [-0.1, -0.05) is 12.1 Å². The van der Waals surface area contributed by atoms with Crippen molar-refractivity contribution in [2.24, 2.45) is 0 Å². The van der Waals surface area contributed by atoms with Crippen LogP contribution < -0.4 is 0 Å². The van der Waals surface area contributed by atoms with Gasteiger partial charge >= 0.3 is 5.97 Å². The molecule has 1 aliphatic rings. The highest BCUT2D eigenvalue weighted by molar-refractivity contribution is 5.79. The summed E-state index contributed by atoms with van der Waals surface area (Å²) in [7, 11) is 0. The highest BCUT2D eigenvalue weighted by Crippen LogP contribution is 2.30. The Kier molecular flexibility index (Phi) is 3.88. The number of aliphatic carboxylic acids is 1. The Hall–Kier alpha value is -1.68. The van der Waals surface area contributed by atoms with Gasteiger partial charge in [0.05, 0.1) is 0 Å². The molecule has 1 aromatic heterocycles. The van der Waals surface area contributed by atoms with Crippen molar-refractivity contribution in [1.82, 2.24) is 9.88 Å². The van der Waals surface area contributed by atoms with Crippen LogP contribution in [0.1, 0.15) is 24.4 Å². The van der Waals surface area contributed by atoms with Gasteiger partial charge in [-0.15, -0.1) is 0 Å². The first-order chi connectivity index (χ1) is 8.27. The van der Waals surface area contributed by atoms with Gasteiger partial charge in [-0.05, 0) is 31.0 Å². The minimum atomic E-state index is -0.887. The Morgan fingerprint density at radius 2 is 2.53 bits per heavy atom. The predicted molar refractivity (Wildman–Crippen MR) is 64.6 cm³/mol. The molecule has 4 heteroatoms. The molecule has 0 amide bonds. The highest BCUT2D eigenvalue weighted by atomic mass is 16.4. The molecule has 1 saturated heterocycles. The van der Waals surface area contributed by atoms with Crippen LogP contribution in [-0.4, -0.2) is 34.0 Å². The molecular formula is C13H16N2O2. The Morgan fingerprint density at radius 1 is 1.65 bits per heavy atom. The molecule has 1 atom stereocenters. The smallest absolute Gasteiger partial charge is 0.328 e. The van der Waals surface area contributed by atoms with Crippen molar-refractivity contribution < 1.29 is 9.90 Å². The fraction of sp³-hybridized carbons (Fsp3) is 0.385. The molecule has 0 saturated carbocycles. The average Bonchev–Trinajstić information content (AvgIpc) is 2.78. The summed E-state index contributed by atoms with van der Waals surface area (Å²) < 4.78 is 0. The van der Waals surface area contributed by atoms with Crippen molar-refractivity contribution in [2.45, 2.75) is 18.9 Å². The van der Waals surface area contributed by atoms with Gasteiger partial charge in [-0.2, -0.15) is 0 Å². The van der Waals surface area contributed by atoms with Crippen molar-refractivity contribution in [3.63, 3.8) is 0 Å². The van der Waals surface area contributed by atoms with Gasteiger partial charge in [0.25, 0.3) is 0 Å². The molecule has 90 valence electrons. The maximum Gasteiger partial charge on any atom is 0.328 e. The van der Waals surface area contributed by atoms with E-state index in [0.717, 1.165) is 19.4 Å². The third kappa shape index (κ3) is 3.14. The zero-order valence-electron chi connectivity index (χ0n) is 9.62.